The van der Waals surface area contributed by atoms with E-state index in [2.05, 4.69) is 0 Å². The van der Waals surface area contributed by atoms with Crippen molar-refractivity contribution in [3.63, 3.8) is 0 Å². The number of ketones is 1. The molecule has 2 aromatic carbocycles. The number of Topliss-reactive ketones (excluding diaryl/α,β-unsaturated/α-hetero) is 1. The molecule has 0 atom stereocenters. The Bertz CT molecular complexity index is 1140. The second-order valence-corrected chi connectivity index (χ2v) is 9.95. The van der Waals surface area contributed by atoms with Crippen LogP contribution in [0.15, 0.2) is 59.5 Å². The fraction of sp³-hybridized carbons (Fsp3) is 0.238. The minimum atomic E-state index is -3.65. The van der Waals surface area contributed by atoms with Gasteiger partial charge in [0.25, 0.3) is 5.91 Å². The van der Waals surface area contributed by atoms with Crippen LogP contribution in [-0.4, -0.2) is 55.5 Å². The highest BCUT2D eigenvalue weighted by molar-refractivity contribution is 7.89. The number of fused-ring (bicyclic) bond motifs is 1. The molecule has 150 valence electrons. The van der Waals surface area contributed by atoms with E-state index in [-0.39, 0.29) is 29.7 Å². The number of sulfonamides is 1. The summed E-state index contributed by atoms with van der Waals surface area (Å²) in [5.41, 5.74) is 0.475. The maximum absolute atomic E-state index is 12.9. The Morgan fingerprint density at radius 2 is 1.59 bits per heavy atom. The number of piperazine rings is 1. The van der Waals surface area contributed by atoms with Crippen LogP contribution in [0.25, 0.3) is 10.1 Å². The Labute approximate surface area is 173 Å². The third-order valence-electron chi connectivity index (χ3n) is 5.06. The van der Waals surface area contributed by atoms with Crippen molar-refractivity contribution in [3.8, 4) is 0 Å². The van der Waals surface area contributed by atoms with Gasteiger partial charge in [-0.05, 0) is 36.6 Å². The SMILES string of the molecule is CC(=O)c1ccc(S(=O)(=O)N2CCN(C(=O)c3cc4ccccc4s3)CC2)cc1. The summed E-state index contributed by atoms with van der Waals surface area (Å²) in [5.74, 6) is -0.170. The highest BCUT2D eigenvalue weighted by Gasteiger charge is 2.31. The highest BCUT2D eigenvalue weighted by atomic mass is 32.2. The molecule has 2 heterocycles. The van der Waals surface area contributed by atoms with E-state index in [9.17, 15) is 18.0 Å². The summed E-state index contributed by atoms with van der Waals surface area (Å²) in [7, 11) is -3.65. The Morgan fingerprint density at radius 1 is 0.931 bits per heavy atom. The third kappa shape index (κ3) is 3.83. The lowest BCUT2D eigenvalue weighted by Gasteiger charge is -2.33. The van der Waals surface area contributed by atoms with Crippen molar-refractivity contribution in [1.29, 1.82) is 0 Å². The van der Waals surface area contributed by atoms with Crippen molar-refractivity contribution in [1.82, 2.24) is 9.21 Å². The van der Waals surface area contributed by atoms with E-state index in [1.165, 1.54) is 46.8 Å². The monoisotopic (exact) mass is 428 g/mol. The van der Waals surface area contributed by atoms with Crippen LogP contribution in [0.1, 0.15) is 27.0 Å². The maximum atomic E-state index is 12.9. The molecule has 0 saturated carbocycles. The van der Waals surface area contributed by atoms with E-state index in [4.69, 9.17) is 0 Å². The van der Waals surface area contributed by atoms with Crippen LogP contribution in [0.5, 0.6) is 0 Å². The molecule has 0 aliphatic carbocycles. The molecule has 0 spiro atoms. The van der Waals surface area contributed by atoms with Crippen molar-refractivity contribution in [2.45, 2.75) is 11.8 Å². The minimum Gasteiger partial charge on any atom is -0.335 e. The van der Waals surface area contributed by atoms with Gasteiger partial charge in [-0.25, -0.2) is 8.42 Å². The Hall–Kier alpha value is -2.55. The van der Waals surface area contributed by atoms with Gasteiger partial charge in [-0.15, -0.1) is 11.3 Å². The number of rotatable bonds is 4. The van der Waals surface area contributed by atoms with Gasteiger partial charge in [0.1, 0.15) is 0 Å². The molecule has 1 aliphatic heterocycles. The first kappa shape index (κ1) is 19.8. The van der Waals surface area contributed by atoms with Crippen LogP contribution >= 0.6 is 11.3 Å². The number of nitrogens with zero attached hydrogens (tertiary/aromatic N) is 2. The molecule has 6 nitrogen and oxygen atoms in total. The summed E-state index contributed by atoms with van der Waals surface area (Å²) in [6.07, 6.45) is 0. The van der Waals surface area contributed by atoms with Gasteiger partial charge in [0.15, 0.2) is 5.78 Å². The van der Waals surface area contributed by atoms with Crippen molar-refractivity contribution >= 4 is 43.1 Å². The average Bonchev–Trinajstić information content (AvgIpc) is 3.17. The molecule has 1 aromatic heterocycles. The number of hydrogen-bond donors (Lipinski definition) is 0. The molecule has 3 aromatic rings. The normalized spacial score (nSPS) is 15.6. The largest absolute Gasteiger partial charge is 0.335 e. The molecule has 0 unspecified atom stereocenters. The molecular weight excluding hydrogens is 408 g/mol. The lowest BCUT2D eigenvalue weighted by Crippen LogP contribution is -2.50. The number of thiophene rings is 1. The zero-order valence-electron chi connectivity index (χ0n) is 15.9. The first-order chi connectivity index (χ1) is 13.9. The molecule has 29 heavy (non-hydrogen) atoms. The molecule has 0 bridgehead atoms. The van der Waals surface area contributed by atoms with Gasteiger partial charge < -0.3 is 4.90 Å². The fourth-order valence-corrected chi connectivity index (χ4v) is 5.84. The molecule has 1 fully saturated rings. The molecule has 4 rings (SSSR count). The van der Waals surface area contributed by atoms with E-state index in [1.54, 1.807) is 4.90 Å². The van der Waals surface area contributed by atoms with Crippen LogP contribution in [0.2, 0.25) is 0 Å². The van der Waals surface area contributed by atoms with E-state index in [0.717, 1.165) is 10.1 Å². The van der Waals surface area contributed by atoms with Gasteiger partial charge in [0.2, 0.25) is 10.0 Å². The van der Waals surface area contributed by atoms with Crippen LogP contribution in [0.3, 0.4) is 0 Å². The molecule has 0 radical (unpaired) electrons. The van der Waals surface area contributed by atoms with Gasteiger partial charge >= 0.3 is 0 Å². The highest BCUT2D eigenvalue weighted by Crippen LogP contribution is 2.27. The first-order valence-corrected chi connectivity index (χ1v) is 11.5. The van der Waals surface area contributed by atoms with Gasteiger partial charge in [-0.3, -0.25) is 9.59 Å². The molecule has 0 N–H and O–H groups in total. The quantitative estimate of drug-likeness (QED) is 0.598. The summed E-state index contributed by atoms with van der Waals surface area (Å²) in [4.78, 5) is 26.8. The standard InChI is InChI=1S/C21H20N2O4S2/c1-15(24)16-6-8-18(9-7-16)29(26,27)23-12-10-22(11-13-23)21(25)20-14-17-4-2-3-5-19(17)28-20/h2-9,14H,10-13H2,1H3. The second-order valence-electron chi connectivity index (χ2n) is 6.93. The van der Waals surface area contributed by atoms with Gasteiger partial charge in [0, 0.05) is 36.4 Å². The predicted molar refractivity (Wildman–Crippen MR) is 113 cm³/mol. The number of benzene rings is 2. The number of carbonyl (C=O) groups excluding carboxylic acids is 2. The van der Waals surface area contributed by atoms with Crippen LogP contribution in [0.4, 0.5) is 0 Å². The Morgan fingerprint density at radius 3 is 2.21 bits per heavy atom. The topological polar surface area (TPSA) is 74.8 Å². The lowest BCUT2D eigenvalue weighted by atomic mass is 10.2. The Balaban J connectivity index is 1.45. The van der Waals surface area contributed by atoms with Crippen molar-refractivity contribution in [2.75, 3.05) is 26.2 Å². The first-order valence-electron chi connectivity index (χ1n) is 9.25. The summed E-state index contributed by atoms with van der Waals surface area (Å²) in [5, 5.41) is 1.04. The van der Waals surface area contributed by atoms with Crippen LogP contribution in [-0.2, 0) is 10.0 Å². The average molecular weight is 429 g/mol. The zero-order valence-corrected chi connectivity index (χ0v) is 17.5. The van der Waals surface area contributed by atoms with E-state index >= 15 is 0 Å². The van der Waals surface area contributed by atoms with Crippen molar-refractivity contribution in [3.05, 3.63) is 65.0 Å². The predicted octanol–water partition coefficient (Wildman–Crippen LogP) is 3.25. The zero-order chi connectivity index (χ0) is 20.6. The van der Waals surface area contributed by atoms with Crippen LogP contribution < -0.4 is 0 Å². The molecule has 1 saturated heterocycles. The summed E-state index contributed by atoms with van der Waals surface area (Å²) in [6, 6.07) is 15.7. The van der Waals surface area contributed by atoms with Crippen LogP contribution in [0, 0.1) is 0 Å². The van der Waals surface area contributed by atoms with Gasteiger partial charge in [-0.2, -0.15) is 4.31 Å². The summed E-state index contributed by atoms with van der Waals surface area (Å²) in [6.45, 7) is 2.62. The van der Waals surface area contributed by atoms with E-state index in [1.807, 2.05) is 30.3 Å². The number of amides is 1. The van der Waals surface area contributed by atoms with Crippen molar-refractivity contribution < 1.29 is 18.0 Å². The van der Waals surface area contributed by atoms with E-state index in [0.29, 0.717) is 23.5 Å². The fourth-order valence-electron chi connectivity index (χ4n) is 3.39. The van der Waals surface area contributed by atoms with Gasteiger partial charge in [-0.1, -0.05) is 30.3 Å². The number of carbonyl (C=O) groups is 2. The summed E-state index contributed by atoms with van der Waals surface area (Å²) < 4.78 is 28.2. The smallest absolute Gasteiger partial charge is 0.264 e. The number of hydrogen-bond acceptors (Lipinski definition) is 5. The van der Waals surface area contributed by atoms with Gasteiger partial charge in [0.05, 0.1) is 9.77 Å². The molecule has 1 amide bonds. The minimum absolute atomic E-state index is 0.0611. The van der Waals surface area contributed by atoms with Crippen molar-refractivity contribution in [2.24, 2.45) is 0 Å². The second kappa shape index (κ2) is 7.70. The molecule has 1 aliphatic rings. The van der Waals surface area contributed by atoms with E-state index < -0.39 is 10.0 Å². The molecule has 8 heteroatoms. The third-order valence-corrected chi connectivity index (χ3v) is 8.08. The maximum Gasteiger partial charge on any atom is 0.264 e. The Kier molecular flexibility index (Phi) is 5.24. The lowest BCUT2D eigenvalue weighted by molar-refractivity contribution is 0.0702. The molecular formula is C21H20N2O4S2. The summed E-state index contributed by atoms with van der Waals surface area (Å²) >= 11 is 1.46.